The Morgan fingerprint density at radius 3 is 2.96 bits per heavy atom. The molecule has 2 N–H and O–H groups in total. The largest absolute Gasteiger partial charge is 0.497 e. The molecule has 1 aromatic carbocycles. The number of hydrogen-bond acceptors (Lipinski definition) is 4. The second kappa shape index (κ2) is 7.71. The zero-order valence-electron chi connectivity index (χ0n) is 13.5. The van der Waals surface area contributed by atoms with E-state index in [1.165, 1.54) is 4.90 Å². The number of rotatable bonds is 6. The molecule has 0 aromatic heterocycles. The van der Waals surface area contributed by atoms with Gasteiger partial charge in [0.15, 0.2) is 0 Å². The molecule has 1 unspecified atom stereocenters. The van der Waals surface area contributed by atoms with Gasteiger partial charge in [0.2, 0.25) is 0 Å². The molecule has 2 amide bonds. The number of carboxylic acid groups (broad SMARTS) is 1. The molecule has 0 radical (unpaired) electrons. The van der Waals surface area contributed by atoms with E-state index in [1.807, 2.05) is 24.3 Å². The molecule has 1 aromatic rings. The van der Waals surface area contributed by atoms with Crippen LogP contribution >= 0.6 is 0 Å². The Labute approximate surface area is 135 Å². The average Bonchev–Trinajstić information content (AvgIpc) is 3.01. The summed E-state index contributed by atoms with van der Waals surface area (Å²) in [6.07, 6.45) is 0.806. The highest BCUT2D eigenvalue weighted by molar-refractivity contribution is 5.75. The summed E-state index contributed by atoms with van der Waals surface area (Å²) in [6, 6.07) is 7.66. The van der Waals surface area contributed by atoms with Crippen molar-refractivity contribution in [3.8, 4) is 5.75 Å². The molecule has 23 heavy (non-hydrogen) atoms. The molecule has 7 heteroatoms. The van der Waals surface area contributed by atoms with E-state index in [2.05, 4.69) is 10.2 Å². The number of hydrogen-bond donors (Lipinski definition) is 2. The lowest BCUT2D eigenvalue weighted by molar-refractivity contribution is -0.137. The number of amides is 2. The van der Waals surface area contributed by atoms with E-state index in [0.29, 0.717) is 0 Å². The number of nitrogens with one attached hydrogen (secondary N) is 1. The number of anilines is 1. The number of aliphatic carboxylic acids is 1. The molecule has 0 bridgehead atoms. The summed E-state index contributed by atoms with van der Waals surface area (Å²) in [7, 11) is 3.24. The molecular weight excluding hydrogens is 298 g/mol. The number of ether oxygens (including phenoxy) is 1. The summed E-state index contributed by atoms with van der Waals surface area (Å²) in [4.78, 5) is 26.2. The molecule has 0 aliphatic carbocycles. The Bertz CT molecular complexity index is 564. The van der Waals surface area contributed by atoms with Crippen molar-refractivity contribution in [1.82, 2.24) is 10.2 Å². The topological polar surface area (TPSA) is 82.1 Å². The second-order valence-corrected chi connectivity index (χ2v) is 5.65. The maximum atomic E-state index is 12.0. The smallest absolute Gasteiger partial charge is 0.317 e. The van der Waals surface area contributed by atoms with Gasteiger partial charge in [0.05, 0.1) is 13.5 Å². The predicted molar refractivity (Wildman–Crippen MR) is 87.0 cm³/mol. The maximum absolute atomic E-state index is 12.0. The fraction of sp³-hybridized carbons (Fsp3) is 0.500. The molecule has 1 heterocycles. The third-order valence-corrected chi connectivity index (χ3v) is 3.94. The van der Waals surface area contributed by atoms with Gasteiger partial charge < -0.3 is 25.0 Å². The van der Waals surface area contributed by atoms with Gasteiger partial charge in [-0.05, 0) is 18.6 Å². The molecule has 126 valence electrons. The summed E-state index contributed by atoms with van der Waals surface area (Å²) in [5.74, 6) is -0.0990. The summed E-state index contributed by atoms with van der Waals surface area (Å²) in [6.45, 7) is 1.79. The normalized spacial score (nSPS) is 17.0. The minimum absolute atomic E-state index is 0.0511. The van der Waals surface area contributed by atoms with Crippen LogP contribution in [-0.4, -0.2) is 61.8 Å². The Balaban J connectivity index is 1.85. The van der Waals surface area contributed by atoms with E-state index in [4.69, 9.17) is 9.84 Å². The molecule has 1 aliphatic heterocycles. The first-order chi connectivity index (χ1) is 11.0. The Morgan fingerprint density at radius 2 is 2.26 bits per heavy atom. The molecule has 1 saturated heterocycles. The zero-order chi connectivity index (χ0) is 16.8. The number of nitrogens with zero attached hydrogens (tertiary/aromatic N) is 2. The van der Waals surface area contributed by atoms with E-state index in [1.54, 1.807) is 14.2 Å². The lowest BCUT2D eigenvalue weighted by Gasteiger charge is -2.22. The molecule has 0 spiro atoms. The molecule has 2 rings (SSSR count). The first-order valence-corrected chi connectivity index (χ1v) is 7.62. The van der Waals surface area contributed by atoms with Gasteiger partial charge in [0, 0.05) is 44.5 Å². The molecule has 1 atom stereocenters. The van der Waals surface area contributed by atoms with Crippen LogP contribution in [0.2, 0.25) is 0 Å². The second-order valence-electron chi connectivity index (χ2n) is 5.65. The lowest BCUT2D eigenvalue weighted by atomic mass is 10.2. The quantitative estimate of drug-likeness (QED) is 0.827. The Morgan fingerprint density at radius 1 is 1.48 bits per heavy atom. The van der Waals surface area contributed by atoms with Crippen LogP contribution in [0.3, 0.4) is 0 Å². The number of methoxy groups -OCH3 is 1. The number of benzene rings is 1. The van der Waals surface area contributed by atoms with E-state index < -0.39 is 5.97 Å². The Hall–Kier alpha value is -2.44. The lowest BCUT2D eigenvalue weighted by Crippen LogP contribution is -2.44. The van der Waals surface area contributed by atoms with Gasteiger partial charge in [0.25, 0.3) is 0 Å². The van der Waals surface area contributed by atoms with Crippen molar-refractivity contribution in [2.75, 3.05) is 38.7 Å². The van der Waals surface area contributed by atoms with Crippen molar-refractivity contribution in [3.63, 3.8) is 0 Å². The summed E-state index contributed by atoms with van der Waals surface area (Å²) in [5.41, 5.74) is 1.07. The van der Waals surface area contributed by atoms with Gasteiger partial charge in [-0.3, -0.25) is 4.79 Å². The van der Waals surface area contributed by atoms with E-state index in [0.717, 1.165) is 30.9 Å². The van der Waals surface area contributed by atoms with Crippen LogP contribution in [0, 0.1) is 0 Å². The van der Waals surface area contributed by atoms with Gasteiger partial charge in [-0.15, -0.1) is 0 Å². The van der Waals surface area contributed by atoms with Crippen LogP contribution < -0.4 is 15.0 Å². The minimum atomic E-state index is -0.908. The Kier molecular flexibility index (Phi) is 5.67. The van der Waals surface area contributed by atoms with Crippen LogP contribution in [0.5, 0.6) is 5.75 Å². The van der Waals surface area contributed by atoms with Crippen molar-refractivity contribution in [2.45, 2.75) is 18.9 Å². The molecular formula is C16H23N3O4. The monoisotopic (exact) mass is 321 g/mol. The molecule has 7 nitrogen and oxygen atoms in total. The minimum Gasteiger partial charge on any atom is -0.497 e. The average molecular weight is 321 g/mol. The molecule has 0 saturated carbocycles. The highest BCUT2D eigenvalue weighted by Crippen LogP contribution is 2.24. The number of carbonyl (C=O) groups excluding carboxylic acids is 1. The van der Waals surface area contributed by atoms with Crippen LogP contribution in [0.25, 0.3) is 0 Å². The van der Waals surface area contributed by atoms with Crippen LogP contribution in [0.4, 0.5) is 10.5 Å². The maximum Gasteiger partial charge on any atom is 0.317 e. The van der Waals surface area contributed by atoms with Crippen molar-refractivity contribution < 1.29 is 19.4 Å². The fourth-order valence-electron chi connectivity index (χ4n) is 2.57. The van der Waals surface area contributed by atoms with Gasteiger partial charge >= 0.3 is 12.0 Å². The summed E-state index contributed by atoms with van der Waals surface area (Å²) >= 11 is 0. The first-order valence-electron chi connectivity index (χ1n) is 7.62. The highest BCUT2D eigenvalue weighted by Gasteiger charge is 2.25. The van der Waals surface area contributed by atoms with Gasteiger partial charge in [0.1, 0.15) is 5.75 Å². The van der Waals surface area contributed by atoms with Crippen LogP contribution in [-0.2, 0) is 4.79 Å². The number of carbonyl (C=O) groups is 2. The van der Waals surface area contributed by atoms with Gasteiger partial charge in [-0.1, -0.05) is 6.07 Å². The molecule has 1 aliphatic rings. The van der Waals surface area contributed by atoms with Crippen LogP contribution in [0.15, 0.2) is 24.3 Å². The summed E-state index contributed by atoms with van der Waals surface area (Å²) < 4.78 is 5.23. The SMILES string of the molecule is COc1cccc(N2CCC(NC(=O)N(C)CCC(=O)O)C2)c1. The van der Waals surface area contributed by atoms with Crippen LogP contribution in [0.1, 0.15) is 12.8 Å². The standard InChI is InChI=1S/C16H23N3O4/c1-18(8-7-15(20)21)16(22)17-12-6-9-19(11-12)13-4-3-5-14(10-13)23-2/h3-5,10,12H,6-9,11H2,1-2H3,(H,17,22)(H,20,21). The zero-order valence-corrected chi connectivity index (χ0v) is 13.5. The fourth-order valence-corrected chi connectivity index (χ4v) is 2.57. The van der Waals surface area contributed by atoms with Crippen molar-refractivity contribution in [1.29, 1.82) is 0 Å². The first kappa shape index (κ1) is 16.9. The van der Waals surface area contributed by atoms with Gasteiger partial charge in [-0.2, -0.15) is 0 Å². The number of carboxylic acids is 1. The van der Waals surface area contributed by atoms with E-state index in [-0.39, 0.29) is 25.0 Å². The van der Waals surface area contributed by atoms with Crippen molar-refractivity contribution in [3.05, 3.63) is 24.3 Å². The predicted octanol–water partition coefficient (Wildman–Crippen LogP) is 1.39. The van der Waals surface area contributed by atoms with Crippen molar-refractivity contribution in [2.24, 2.45) is 0 Å². The van der Waals surface area contributed by atoms with Crippen molar-refractivity contribution >= 4 is 17.7 Å². The van der Waals surface area contributed by atoms with Gasteiger partial charge in [-0.25, -0.2) is 4.79 Å². The third kappa shape index (κ3) is 4.77. The highest BCUT2D eigenvalue weighted by atomic mass is 16.5. The third-order valence-electron chi connectivity index (χ3n) is 3.94. The van der Waals surface area contributed by atoms with E-state index >= 15 is 0 Å². The number of urea groups is 1. The molecule has 1 fully saturated rings. The summed E-state index contributed by atoms with van der Waals surface area (Å²) in [5, 5.41) is 11.6. The van der Waals surface area contributed by atoms with E-state index in [9.17, 15) is 9.59 Å².